The summed E-state index contributed by atoms with van der Waals surface area (Å²) in [6.07, 6.45) is 7.33. The van der Waals surface area contributed by atoms with Crippen LogP contribution in [0.25, 0.3) is 12.2 Å². The number of nitrogens with zero attached hydrogens (tertiary/aromatic N) is 2. The van der Waals surface area contributed by atoms with Crippen LogP contribution < -0.4 is 26.6 Å². The van der Waals surface area contributed by atoms with Crippen LogP contribution in [0, 0.1) is 0 Å². The molecule has 8 heteroatoms. The normalized spacial score (nSPS) is 12.0. The molecule has 4 rings (SSSR count). The van der Waals surface area contributed by atoms with Gasteiger partial charge in [0.15, 0.2) is 0 Å². The maximum atomic E-state index is 12.4. The standard InChI is InChI=1S/C23H16N4O4/c28-21-19(11-15-5-2-1-3-6-15)26-22(29)20(27-21)12-17-8-9-18(14-25-17)31-23(30)16-7-4-10-24-13-16/h1-14H,(H,26,29)(H,27,28). The van der Waals surface area contributed by atoms with Crippen molar-refractivity contribution in [1.82, 2.24) is 19.9 Å². The van der Waals surface area contributed by atoms with E-state index in [0.29, 0.717) is 11.3 Å². The summed E-state index contributed by atoms with van der Waals surface area (Å²) in [6, 6.07) is 15.5. The molecule has 3 aromatic heterocycles. The lowest BCUT2D eigenvalue weighted by molar-refractivity contribution is 0.0733. The van der Waals surface area contributed by atoms with E-state index >= 15 is 0 Å². The molecule has 0 saturated heterocycles. The zero-order chi connectivity index (χ0) is 21.6. The molecule has 8 nitrogen and oxygen atoms in total. The van der Waals surface area contributed by atoms with E-state index in [0.717, 1.165) is 5.56 Å². The largest absolute Gasteiger partial charge is 0.421 e. The van der Waals surface area contributed by atoms with Crippen molar-refractivity contribution >= 4 is 18.1 Å². The van der Waals surface area contributed by atoms with Crippen LogP contribution in [0.2, 0.25) is 0 Å². The Hall–Kier alpha value is -4.59. The topological polar surface area (TPSA) is 118 Å². The van der Waals surface area contributed by atoms with Gasteiger partial charge < -0.3 is 14.7 Å². The number of carbonyl (C=O) groups is 1. The molecule has 3 heterocycles. The Balaban J connectivity index is 1.58. The molecule has 0 unspecified atom stereocenters. The first-order chi connectivity index (χ1) is 15.1. The summed E-state index contributed by atoms with van der Waals surface area (Å²) in [7, 11) is 0. The lowest BCUT2D eigenvalue weighted by atomic mass is 10.2. The van der Waals surface area contributed by atoms with Crippen LogP contribution in [-0.2, 0) is 0 Å². The van der Waals surface area contributed by atoms with E-state index in [9.17, 15) is 14.4 Å². The van der Waals surface area contributed by atoms with Gasteiger partial charge in [0.05, 0.1) is 17.5 Å². The number of ether oxygens (including phenoxy) is 1. The predicted octanol–water partition coefficient (Wildman–Crippen LogP) is 0.730. The highest BCUT2D eigenvalue weighted by atomic mass is 16.5. The van der Waals surface area contributed by atoms with Gasteiger partial charge in [0.25, 0.3) is 11.1 Å². The van der Waals surface area contributed by atoms with Crippen molar-refractivity contribution in [3.8, 4) is 5.75 Å². The van der Waals surface area contributed by atoms with Crippen LogP contribution in [0.1, 0.15) is 21.6 Å². The van der Waals surface area contributed by atoms with Crippen molar-refractivity contribution < 1.29 is 9.53 Å². The summed E-state index contributed by atoms with van der Waals surface area (Å²) < 4.78 is 5.24. The average molecular weight is 412 g/mol. The smallest absolute Gasteiger partial charge is 0.345 e. The number of esters is 1. The van der Waals surface area contributed by atoms with Crippen LogP contribution in [0.3, 0.4) is 0 Å². The van der Waals surface area contributed by atoms with Crippen molar-refractivity contribution in [3.05, 3.63) is 121 Å². The Morgan fingerprint density at radius 2 is 1.58 bits per heavy atom. The first-order valence-electron chi connectivity index (χ1n) is 9.28. The Labute approximate surface area is 175 Å². The lowest BCUT2D eigenvalue weighted by Gasteiger charge is -2.03. The van der Waals surface area contributed by atoms with E-state index in [1.54, 1.807) is 30.5 Å². The van der Waals surface area contributed by atoms with Gasteiger partial charge in [-0.1, -0.05) is 30.3 Å². The van der Waals surface area contributed by atoms with Gasteiger partial charge in [-0.25, -0.2) is 4.79 Å². The molecule has 31 heavy (non-hydrogen) atoms. The number of pyridine rings is 2. The van der Waals surface area contributed by atoms with Gasteiger partial charge in [-0.3, -0.25) is 19.6 Å². The third-order valence-corrected chi connectivity index (χ3v) is 4.26. The first-order valence-corrected chi connectivity index (χ1v) is 9.28. The molecule has 0 saturated carbocycles. The second-order valence-corrected chi connectivity index (χ2v) is 6.48. The molecule has 1 aromatic carbocycles. The van der Waals surface area contributed by atoms with Gasteiger partial charge >= 0.3 is 5.97 Å². The average Bonchev–Trinajstić information content (AvgIpc) is 2.80. The summed E-state index contributed by atoms with van der Waals surface area (Å²) in [5.74, 6) is -0.320. The van der Waals surface area contributed by atoms with Crippen LogP contribution in [-0.4, -0.2) is 25.9 Å². The molecule has 0 aliphatic heterocycles. The predicted molar refractivity (Wildman–Crippen MR) is 114 cm³/mol. The fraction of sp³-hybridized carbons (Fsp3) is 0. The van der Waals surface area contributed by atoms with Crippen molar-refractivity contribution in [1.29, 1.82) is 0 Å². The highest BCUT2D eigenvalue weighted by Gasteiger charge is 2.08. The van der Waals surface area contributed by atoms with Gasteiger partial charge in [-0.05, 0) is 42.0 Å². The van der Waals surface area contributed by atoms with Crippen LogP contribution in [0.5, 0.6) is 5.75 Å². The summed E-state index contributed by atoms with van der Waals surface area (Å²) in [5.41, 5.74) is 0.614. The summed E-state index contributed by atoms with van der Waals surface area (Å²) >= 11 is 0. The quantitative estimate of drug-likeness (QED) is 0.477. The number of aromatic nitrogens is 4. The summed E-state index contributed by atoms with van der Waals surface area (Å²) in [5, 5.41) is 0.210. The number of benzene rings is 1. The lowest BCUT2D eigenvalue weighted by Crippen LogP contribution is -2.46. The van der Waals surface area contributed by atoms with E-state index in [1.807, 2.05) is 30.3 Å². The zero-order valence-corrected chi connectivity index (χ0v) is 16.1. The number of rotatable bonds is 4. The fourth-order valence-electron chi connectivity index (χ4n) is 2.75. The molecule has 0 aliphatic rings. The van der Waals surface area contributed by atoms with E-state index in [1.165, 1.54) is 24.5 Å². The zero-order valence-electron chi connectivity index (χ0n) is 16.1. The molecule has 0 spiro atoms. The van der Waals surface area contributed by atoms with Crippen LogP contribution in [0.4, 0.5) is 0 Å². The molecule has 4 aromatic rings. The monoisotopic (exact) mass is 412 g/mol. The molecule has 0 bridgehead atoms. The number of hydrogen-bond donors (Lipinski definition) is 2. The van der Waals surface area contributed by atoms with E-state index in [4.69, 9.17) is 4.74 Å². The van der Waals surface area contributed by atoms with Crippen LogP contribution >= 0.6 is 0 Å². The van der Waals surface area contributed by atoms with Gasteiger partial charge in [0, 0.05) is 12.4 Å². The first kappa shape index (κ1) is 19.7. The Kier molecular flexibility index (Phi) is 5.62. The van der Waals surface area contributed by atoms with Crippen molar-refractivity contribution in [3.63, 3.8) is 0 Å². The molecule has 0 radical (unpaired) electrons. The number of nitrogens with one attached hydrogen (secondary N) is 2. The minimum absolute atomic E-state index is 0.0582. The third kappa shape index (κ3) is 4.88. The van der Waals surface area contributed by atoms with Crippen LogP contribution in [0.15, 0.2) is 82.8 Å². The molecule has 2 N–H and O–H groups in total. The second-order valence-electron chi connectivity index (χ2n) is 6.48. The third-order valence-electron chi connectivity index (χ3n) is 4.26. The van der Waals surface area contributed by atoms with Gasteiger partial charge in [-0.2, -0.15) is 0 Å². The van der Waals surface area contributed by atoms with Crippen molar-refractivity contribution in [2.24, 2.45) is 0 Å². The van der Waals surface area contributed by atoms with Gasteiger partial charge in [-0.15, -0.1) is 0 Å². The van der Waals surface area contributed by atoms with Gasteiger partial charge in [0.2, 0.25) is 0 Å². The molecule has 0 amide bonds. The SMILES string of the molecule is O=C(Oc1ccc(C=c2[nH]c(=O)c(=Cc3ccccc3)[nH]c2=O)nc1)c1cccnc1. The highest BCUT2D eigenvalue weighted by molar-refractivity contribution is 5.90. The number of carbonyl (C=O) groups excluding carboxylic acids is 1. The number of hydrogen-bond acceptors (Lipinski definition) is 6. The number of aromatic amines is 2. The molecule has 0 aliphatic carbocycles. The molecule has 0 atom stereocenters. The summed E-state index contributed by atoms with van der Waals surface area (Å²) in [4.78, 5) is 49.9. The Bertz CT molecular complexity index is 1440. The Morgan fingerprint density at radius 1 is 0.839 bits per heavy atom. The second kappa shape index (κ2) is 8.83. The molecular formula is C23H16N4O4. The maximum absolute atomic E-state index is 12.4. The van der Waals surface area contributed by atoms with Gasteiger partial charge in [0.1, 0.15) is 16.4 Å². The molecule has 152 valence electrons. The molecular weight excluding hydrogens is 396 g/mol. The maximum Gasteiger partial charge on any atom is 0.345 e. The molecule has 0 fully saturated rings. The van der Waals surface area contributed by atoms with Crippen molar-refractivity contribution in [2.45, 2.75) is 0 Å². The fourth-order valence-corrected chi connectivity index (χ4v) is 2.75. The van der Waals surface area contributed by atoms with E-state index in [-0.39, 0.29) is 16.4 Å². The summed E-state index contributed by atoms with van der Waals surface area (Å²) in [6.45, 7) is 0. The minimum atomic E-state index is -0.558. The van der Waals surface area contributed by atoms with E-state index in [2.05, 4.69) is 19.9 Å². The van der Waals surface area contributed by atoms with E-state index < -0.39 is 17.1 Å². The highest BCUT2D eigenvalue weighted by Crippen LogP contribution is 2.11. The Morgan fingerprint density at radius 3 is 2.23 bits per heavy atom. The minimum Gasteiger partial charge on any atom is -0.421 e. The van der Waals surface area contributed by atoms with Crippen molar-refractivity contribution in [2.75, 3.05) is 0 Å². The number of H-pyrrole nitrogens is 2.